The van der Waals surface area contributed by atoms with Gasteiger partial charge in [0.05, 0.1) is 12.8 Å². The van der Waals surface area contributed by atoms with Crippen LogP contribution in [0.2, 0.25) is 5.02 Å². The van der Waals surface area contributed by atoms with Gasteiger partial charge in [0.2, 0.25) is 0 Å². The highest BCUT2D eigenvalue weighted by Crippen LogP contribution is 2.19. The van der Waals surface area contributed by atoms with Crippen molar-refractivity contribution in [3.63, 3.8) is 0 Å². The van der Waals surface area contributed by atoms with Gasteiger partial charge in [0.25, 0.3) is 0 Å². The largest absolute Gasteiger partial charge is 0.465 e. The lowest BCUT2D eigenvalue weighted by Gasteiger charge is -2.11. The molecular formula is C18H17ClN2O4. The second-order valence-electron chi connectivity index (χ2n) is 4.83. The van der Waals surface area contributed by atoms with Crippen LogP contribution in [-0.4, -0.2) is 19.3 Å². The van der Waals surface area contributed by atoms with Gasteiger partial charge in [-0.1, -0.05) is 53.7 Å². The number of esters is 1. The first-order valence-corrected chi connectivity index (χ1v) is 7.67. The summed E-state index contributed by atoms with van der Waals surface area (Å²) in [7, 11) is 1.26. The summed E-state index contributed by atoms with van der Waals surface area (Å²) in [5, 5.41) is 4.22. The Labute approximate surface area is 150 Å². The van der Waals surface area contributed by atoms with Crippen LogP contribution >= 0.6 is 11.6 Å². The smallest absolute Gasteiger partial charge is 0.352 e. The van der Waals surface area contributed by atoms with Crippen LogP contribution in [0.5, 0.6) is 5.75 Å². The minimum Gasteiger partial charge on any atom is -0.465 e. The maximum Gasteiger partial charge on any atom is 0.352 e. The third kappa shape index (κ3) is 5.95. The Morgan fingerprint density at radius 2 is 1.96 bits per heavy atom. The first-order valence-electron chi connectivity index (χ1n) is 7.29. The third-order valence-corrected chi connectivity index (χ3v) is 3.35. The van der Waals surface area contributed by atoms with Crippen LogP contribution in [0.3, 0.4) is 0 Å². The highest BCUT2D eigenvalue weighted by molar-refractivity contribution is 6.30. The molecule has 2 rings (SSSR count). The van der Waals surface area contributed by atoms with Gasteiger partial charge in [-0.25, -0.2) is 4.79 Å². The van der Waals surface area contributed by atoms with E-state index < -0.39 is 5.97 Å². The number of hydrogen-bond acceptors (Lipinski definition) is 6. The SMILES string of the molecule is C=C(NOCc1ccccc1ON=CC(=O)OC)c1ccc(Cl)cc1. The number of methoxy groups -OCH3 is 1. The predicted octanol–water partition coefficient (Wildman–Crippen LogP) is 3.57. The zero-order valence-corrected chi connectivity index (χ0v) is 14.3. The Balaban J connectivity index is 1.90. The third-order valence-electron chi connectivity index (χ3n) is 3.10. The van der Waals surface area contributed by atoms with Crippen molar-refractivity contribution in [2.45, 2.75) is 6.61 Å². The van der Waals surface area contributed by atoms with E-state index in [1.807, 2.05) is 24.3 Å². The van der Waals surface area contributed by atoms with Gasteiger partial charge in [0, 0.05) is 10.6 Å². The van der Waals surface area contributed by atoms with Crippen molar-refractivity contribution in [3.8, 4) is 5.75 Å². The summed E-state index contributed by atoms with van der Waals surface area (Å²) in [5.41, 5.74) is 4.96. The second-order valence-corrected chi connectivity index (χ2v) is 5.27. The lowest BCUT2D eigenvalue weighted by molar-refractivity contribution is -0.132. The Morgan fingerprint density at radius 3 is 2.68 bits per heavy atom. The number of para-hydroxylation sites is 1. The van der Waals surface area contributed by atoms with Gasteiger partial charge in [-0.3, -0.25) is 10.3 Å². The molecule has 7 heteroatoms. The van der Waals surface area contributed by atoms with Crippen molar-refractivity contribution < 1.29 is 19.2 Å². The topological polar surface area (TPSA) is 69.1 Å². The molecule has 0 aliphatic rings. The number of ether oxygens (including phenoxy) is 1. The standard InChI is InChI=1S/C18H17ClN2O4/c1-13(14-7-9-16(19)10-8-14)21-24-12-15-5-3-4-6-17(15)25-20-11-18(22)23-2/h3-11,21H,1,12H2,2H3. The van der Waals surface area contributed by atoms with Crippen molar-refractivity contribution in [2.75, 3.05) is 7.11 Å². The van der Waals surface area contributed by atoms with Gasteiger partial charge in [-0.15, -0.1) is 0 Å². The first-order chi connectivity index (χ1) is 12.1. The molecule has 130 valence electrons. The Kier molecular flexibility index (Phi) is 7.00. The summed E-state index contributed by atoms with van der Waals surface area (Å²) in [5.74, 6) is -0.142. The maximum atomic E-state index is 11.0. The number of nitrogens with zero attached hydrogens (tertiary/aromatic N) is 1. The molecule has 0 atom stereocenters. The monoisotopic (exact) mass is 360 g/mol. The number of oxime groups is 1. The fourth-order valence-corrected chi connectivity index (χ4v) is 1.93. The van der Waals surface area contributed by atoms with Crippen LogP contribution in [0.25, 0.3) is 5.70 Å². The van der Waals surface area contributed by atoms with Crippen LogP contribution < -0.4 is 10.3 Å². The number of halogens is 1. The van der Waals surface area contributed by atoms with E-state index in [-0.39, 0.29) is 6.61 Å². The number of carbonyl (C=O) groups is 1. The van der Waals surface area contributed by atoms with Crippen molar-refractivity contribution >= 4 is 29.5 Å². The van der Waals surface area contributed by atoms with Gasteiger partial charge >= 0.3 is 5.97 Å². The minimum absolute atomic E-state index is 0.205. The van der Waals surface area contributed by atoms with Crippen molar-refractivity contribution in [1.29, 1.82) is 0 Å². The summed E-state index contributed by atoms with van der Waals surface area (Å²) in [6, 6.07) is 14.4. The molecule has 0 saturated heterocycles. The number of hydrogen-bond donors (Lipinski definition) is 1. The molecular weight excluding hydrogens is 344 g/mol. The molecule has 25 heavy (non-hydrogen) atoms. The van der Waals surface area contributed by atoms with E-state index in [9.17, 15) is 4.79 Å². The zero-order valence-electron chi connectivity index (χ0n) is 13.6. The quantitative estimate of drug-likeness (QED) is 0.443. The fraction of sp³-hybridized carbons (Fsp3) is 0.111. The molecule has 0 saturated carbocycles. The molecule has 6 nitrogen and oxygen atoms in total. The molecule has 0 amide bonds. The number of nitrogens with one attached hydrogen (secondary N) is 1. The molecule has 0 aliphatic heterocycles. The van der Waals surface area contributed by atoms with Crippen LogP contribution in [0.1, 0.15) is 11.1 Å². The van der Waals surface area contributed by atoms with Crippen molar-refractivity contribution in [2.24, 2.45) is 5.16 Å². The number of carbonyl (C=O) groups excluding carboxylic acids is 1. The maximum absolute atomic E-state index is 11.0. The highest BCUT2D eigenvalue weighted by atomic mass is 35.5. The number of rotatable bonds is 8. The normalized spacial score (nSPS) is 10.5. The van der Waals surface area contributed by atoms with Crippen LogP contribution in [-0.2, 0) is 21.0 Å². The first kappa shape index (κ1) is 18.5. The summed E-state index contributed by atoms with van der Waals surface area (Å²) >= 11 is 5.85. The summed E-state index contributed by atoms with van der Waals surface area (Å²) in [6.07, 6.45) is 0.943. The molecule has 2 aromatic carbocycles. The van der Waals surface area contributed by atoms with E-state index in [1.165, 1.54) is 7.11 Å². The Bertz CT molecular complexity index is 760. The van der Waals surface area contributed by atoms with E-state index >= 15 is 0 Å². The molecule has 0 unspecified atom stereocenters. The minimum atomic E-state index is -0.602. The molecule has 0 radical (unpaired) electrons. The zero-order chi connectivity index (χ0) is 18.1. The second kappa shape index (κ2) is 9.46. The fourth-order valence-electron chi connectivity index (χ4n) is 1.80. The molecule has 0 bridgehead atoms. The van der Waals surface area contributed by atoms with Gasteiger partial charge in [0.1, 0.15) is 6.61 Å². The Hall–Kier alpha value is -2.83. The van der Waals surface area contributed by atoms with E-state index in [0.29, 0.717) is 16.5 Å². The average Bonchev–Trinajstić information content (AvgIpc) is 2.63. The van der Waals surface area contributed by atoms with Crippen molar-refractivity contribution in [3.05, 3.63) is 71.3 Å². The average molecular weight is 361 g/mol. The highest BCUT2D eigenvalue weighted by Gasteiger charge is 2.05. The van der Waals surface area contributed by atoms with Gasteiger partial charge < -0.3 is 9.57 Å². The molecule has 0 spiro atoms. The summed E-state index contributed by atoms with van der Waals surface area (Å²) in [6.45, 7) is 4.11. The van der Waals surface area contributed by atoms with E-state index in [4.69, 9.17) is 21.3 Å². The van der Waals surface area contributed by atoms with Gasteiger partial charge in [-0.2, -0.15) is 0 Å². The van der Waals surface area contributed by atoms with Crippen LogP contribution in [0, 0.1) is 0 Å². The predicted molar refractivity (Wildman–Crippen MR) is 96.0 cm³/mol. The lowest BCUT2D eigenvalue weighted by Crippen LogP contribution is -2.12. The van der Waals surface area contributed by atoms with Crippen LogP contribution in [0.15, 0.2) is 60.3 Å². The van der Waals surface area contributed by atoms with Gasteiger partial charge in [-0.05, 0) is 23.8 Å². The van der Waals surface area contributed by atoms with Crippen molar-refractivity contribution in [1.82, 2.24) is 5.48 Å². The van der Waals surface area contributed by atoms with E-state index in [1.54, 1.807) is 24.3 Å². The number of benzene rings is 2. The van der Waals surface area contributed by atoms with E-state index in [0.717, 1.165) is 17.3 Å². The number of hydroxylamine groups is 1. The molecule has 2 aromatic rings. The molecule has 0 aliphatic carbocycles. The Morgan fingerprint density at radius 1 is 1.24 bits per heavy atom. The van der Waals surface area contributed by atoms with Crippen LogP contribution in [0.4, 0.5) is 0 Å². The van der Waals surface area contributed by atoms with Gasteiger partial charge in [0.15, 0.2) is 12.0 Å². The molecule has 0 heterocycles. The summed E-state index contributed by atoms with van der Waals surface area (Å²) < 4.78 is 4.44. The molecule has 0 fully saturated rings. The molecule has 1 N–H and O–H groups in total. The lowest BCUT2D eigenvalue weighted by atomic mass is 10.2. The van der Waals surface area contributed by atoms with E-state index in [2.05, 4.69) is 22.0 Å². The summed E-state index contributed by atoms with van der Waals surface area (Å²) in [4.78, 5) is 21.6. The molecule has 0 aromatic heterocycles.